The third kappa shape index (κ3) is 25.5. The number of hydrogen-bond acceptors (Lipinski definition) is 7. The number of quaternary nitrogens is 1. The number of unbranched alkanes of at least 4 members (excludes halogenated alkanes) is 3. The van der Waals surface area contributed by atoms with E-state index in [4.69, 9.17) is 14.2 Å². The Morgan fingerprint density at radius 1 is 0.705 bits per heavy atom. The van der Waals surface area contributed by atoms with E-state index in [1.807, 2.05) is 0 Å². The monoisotopic (exact) mass is 617 g/mol. The highest BCUT2D eigenvalue weighted by Gasteiger charge is 2.25. The van der Waals surface area contributed by atoms with Gasteiger partial charge < -0.3 is 28.6 Å². The molecular weight excluding hydrogens is 558 g/mol. The topological polar surface area (TPSA) is 102 Å². The summed E-state index contributed by atoms with van der Waals surface area (Å²) in [6.45, 7) is 4.27. The second-order valence-corrected chi connectivity index (χ2v) is 11.7. The van der Waals surface area contributed by atoms with Crippen molar-refractivity contribution >= 4 is 17.9 Å². The van der Waals surface area contributed by atoms with E-state index in [9.17, 15) is 19.5 Å². The number of rotatable bonds is 27. The molecule has 0 rings (SSSR count). The lowest BCUT2D eigenvalue weighted by atomic mass is 10.1. The number of carbonyl (C=O) groups is 3. The van der Waals surface area contributed by atoms with Crippen LogP contribution in [0.3, 0.4) is 0 Å². The Balaban J connectivity index is 4.44. The highest BCUT2D eigenvalue weighted by molar-refractivity contribution is 5.70. The van der Waals surface area contributed by atoms with Crippen LogP contribution in [0, 0.1) is 0 Å². The molecule has 0 bridgehead atoms. The van der Waals surface area contributed by atoms with Crippen molar-refractivity contribution in [3.63, 3.8) is 0 Å². The Bertz CT molecular complexity index is 912. The first-order valence-corrected chi connectivity index (χ1v) is 16.3. The zero-order valence-corrected chi connectivity index (χ0v) is 28.0. The first-order valence-electron chi connectivity index (χ1n) is 16.3. The molecule has 0 aliphatic carbocycles. The Morgan fingerprint density at radius 2 is 1.25 bits per heavy atom. The normalized spacial score (nSPS) is 13.9. The van der Waals surface area contributed by atoms with Crippen LogP contribution in [0.1, 0.15) is 97.3 Å². The molecule has 0 saturated carbocycles. The van der Waals surface area contributed by atoms with Crippen molar-refractivity contribution < 1.29 is 38.2 Å². The summed E-state index contributed by atoms with van der Waals surface area (Å²) < 4.78 is 16.7. The number of likely N-dealkylation sites (N-methyl/N-ethyl adjacent to an activating group) is 1. The molecule has 2 unspecified atom stereocenters. The van der Waals surface area contributed by atoms with E-state index in [-0.39, 0.29) is 49.1 Å². The molecule has 0 saturated heterocycles. The fourth-order valence-corrected chi connectivity index (χ4v) is 4.10. The van der Waals surface area contributed by atoms with Crippen LogP contribution in [0.2, 0.25) is 0 Å². The van der Waals surface area contributed by atoms with Gasteiger partial charge in [0.2, 0.25) is 0 Å². The quantitative estimate of drug-likeness (QED) is 0.0470. The van der Waals surface area contributed by atoms with E-state index in [0.29, 0.717) is 12.8 Å². The van der Waals surface area contributed by atoms with Gasteiger partial charge in [-0.1, -0.05) is 87.4 Å². The van der Waals surface area contributed by atoms with Gasteiger partial charge in [0.15, 0.2) is 6.10 Å². The predicted octanol–water partition coefficient (Wildman–Crippen LogP) is 6.17. The van der Waals surface area contributed by atoms with Crippen LogP contribution in [0.25, 0.3) is 0 Å². The minimum atomic E-state index is -1.14. The second kappa shape index (κ2) is 27.6. The Hall–Kier alpha value is -2.97. The molecule has 8 heteroatoms. The summed E-state index contributed by atoms with van der Waals surface area (Å²) in [6, 6.07) is -0.733. The number of carbonyl (C=O) groups excluding carboxylic acids is 3. The van der Waals surface area contributed by atoms with Crippen LogP contribution < -0.4 is 5.11 Å². The van der Waals surface area contributed by atoms with E-state index < -0.39 is 18.1 Å². The van der Waals surface area contributed by atoms with E-state index in [1.54, 1.807) is 21.1 Å². The van der Waals surface area contributed by atoms with E-state index in [2.05, 4.69) is 74.6 Å². The highest BCUT2D eigenvalue weighted by Crippen LogP contribution is 2.09. The minimum absolute atomic E-state index is 0.0136. The van der Waals surface area contributed by atoms with Gasteiger partial charge in [-0.05, 0) is 51.4 Å². The molecule has 0 fully saturated rings. The lowest BCUT2D eigenvalue weighted by molar-refractivity contribution is -0.889. The van der Waals surface area contributed by atoms with Gasteiger partial charge >= 0.3 is 11.9 Å². The van der Waals surface area contributed by atoms with Crippen molar-refractivity contribution in [3.05, 3.63) is 60.8 Å². The van der Waals surface area contributed by atoms with Gasteiger partial charge in [-0.2, -0.15) is 0 Å². The zero-order valence-electron chi connectivity index (χ0n) is 28.0. The Morgan fingerprint density at radius 3 is 1.77 bits per heavy atom. The molecule has 0 spiro atoms. The number of aliphatic carboxylic acids is 1. The molecule has 0 aromatic rings. The molecule has 0 aromatic carbocycles. The number of carboxylic acids is 1. The molecule has 0 aliphatic rings. The fraction of sp³-hybridized carbons (Fsp3) is 0.639. The smallest absolute Gasteiger partial charge is 0.306 e. The van der Waals surface area contributed by atoms with Crippen molar-refractivity contribution in [2.75, 3.05) is 41.0 Å². The molecule has 0 heterocycles. The van der Waals surface area contributed by atoms with Gasteiger partial charge in [-0.3, -0.25) is 9.59 Å². The summed E-state index contributed by atoms with van der Waals surface area (Å²) in [4.78, 5) is 36.0. The summed E-state index contributed by atoms with van der Waals surface area (Å²) in [5, 5.41) is 11.5. The van der Waals surface area contributed by atoms with Crippen molar-refractivity contribution in [1.82, 2.24) is 0 Å². The van der Waals surface area contributed by atoms with Crippen LogP contribution in [-0.4, -0.2) is 75.5 Å². The molecular formula is C36H59NO7. The number of esters is 2. The van der Waals surface area contributed by atoms with Gasteiger partial charge in [0, 0.05) is 19.3 Å². The van der Waals surface area contributed by atoms with Gasteiger partial charge in [0.25, 0.3) is 0 Å². The molecule has 0 radical (unpaired) electrons. The standard InChI is InChI=1S/C36H59NO7/c1-6-8-10-11-12-13-14-15-16-17-18-19-20-21-22-23-25-27-35(39)44-32(31-43-34(38)26-24-9-7-2)30-42-29-28-33(36(40)41)37(3,4)5/h8,10,12-13,15-16,18-19,21-22,32-33H,6-7,9,11,14,17,20,23-31H2,1-5H3/b10-8-,13-12-,16-15-,19-18-,22-21-. The van der Waals surface area contributed by atoms with Crippen LogP contribution in [0.5, 0.6) is 0 Å². The second-order valence-electron chi connectivity index (χ2n) is 11.7. The number of nitrogens with zero attached hydrogens (tertiary/aromatic N) is 1. The van der Waals surface area contributed by atoms with Gasteiger partial charge in [0.05, 0.1) is 40.3 Å². The first-order chi connectivity index (χ1) is 21.1. The molecule has 0 N–H and O–H groups in total. The maximum Gasteiger partial charge on any atom is 0.306 e. The minimum Gasteiger partial charge on any atom is -0.544 e. The number of hydrogen-bond donors (Lipinski definition) is 0. The number of carboxylic acid groups (broad SMARTS) is 1. The maximum absolute atomic E-state index is 12.5. The predicted molar refractivity (Wildman–Crippen MR) is 176 cm³/mol. The lowest BCUT2D eigenvalue weighted by Crippen LogP contribution is -2.55. The van der Waals surface area contributed by atoms with Crippen molar-refractivity contribution in [2.24, 2.45) is 0 Å². The Kier molecular flexibility index (Phi) is 25.7. The van der Waals surface area contributed by atoms with E-state index >= 15 is 0 Å². The maximum atomic E-state index is 12.5. The molecule has 250 valence electrons. The van der Waals surface area contributed by atoms with Gasteiger partial charge in [-0.15, -0.1) is 0 Å². The molecule has 8 nitrogen and oxygen atoms in total. The summed E-state index contributed by atoms with van der Waals surface area (Å²) in [5.41, 5.74) is 0. The van der Waals surface area contributed by atoms with Crippen LogP contribution in [0.4, 0.5) is 0 Å². The average molecular weight is 618 g/mol. The molecule has 0 aromatic heterocycles. The molecule has 0 aliphatic heterocycles. The van der Waals surface area contributed by atoms with Crippen LogP contribution >= 0.6 is 0 Å². The molecule has 0 amide bonds. The summed E-state index contributed by atoms with van der Waals surface area (Å²) >= 11 is 0. The number of ether oxygens (including phenoxy) is 3. The summed E-state index contributed by atoms with van der Waals surface area (Å²) in [6.07, 6.45) is 30.4. The van der Waals surface area contributed by atoms with Crippen molar-refractivity contribution in [3.8, 4) is 0 Å². The van der Waals surface area contributed by atoms with E-state index in [1.165, 1.54) is 0 Å². The van der Waals surface area contributed by atoms with Crippen LogP contribution in [0.15, 0.2) is 60.8 Å². The molecule has 44 heavy (non-hydrogen) atoms. The third-order valence-corrected chi connectivity index (χ3v) is 6.67. The first kappa shape index (κ1) is 41.0. The lowest BCUT2D eigenvalue weighted by Gasteiger charge is -2.34. The Labute approximate surface area is 267 Å². The van der Waals surface area contributed by atoms with E-state index in [0.717, 1.165) is 57.8 Å². The SMILES string of the molecule is CC/C=C\C/C=C\C/C=C\C/C=C\C/C=C\CCCC(=O)OC(COCCC(C(=O)[O-])[N+](C)(C)C)COC(=O)CCCCC. The largest absolute Gasteiger partial charge is 0.544 e. The molecule has 2 atom stereocenters. The van der Waals surface area contributed by atoms with Gasteiger partial charge in [0.1, 0.15) is 12.6 Å². The fourth-order valence-electron chi connectivity index (χ4n) is 4.10. The summed E-state index contributed by atoms with van der Waals surface area (Å²) in [7, 11) is 5.34. The number of allylic oxidation sites excluding steroid dienone is 10. The van der Waals surface area contributed by atoms with Crippen LogP contribution in [-0.2, 0) is 28.6 Å². The van der Waals surface area contributed by atoms with Crippen molar-refractivity contribution in [1.29, 1.82) is 0 Å². The third-order valence-electron chi connectivity index (χ3n) is 6.67. The average Bonchev–Trinajstić information content (AvgIpc) is 2.96. The zero-order chi connectivity index (χ0) is 32.9. The highest BCUT2D eigenvalue weighted by atomic mass is 16.6. The van der Waals surface area contributed by atoms with Gasteiger partial charge in [-0.25, -0.2) is 0 Å². The van der Waals surface area contributed by atoms with Crippen molar-refractivity contribution in [2.45, 2.75) is 109 Å². The summed E-state index contributed by atoms with van der Waals surface area (Å²) in [5.74, 6) is -1.86.